The van der Waals surface area contributed by atoms with Crippen LogP contribution in [-0.4, -0.2) is 4.57 Å². The van der Waals surface area contributed by atoms with Gasteiger partial charge in [0, 0.05) is 16.5 Å². The number of nitrogens with zero attached hydrogens (tertiary/aromatic N) is 1. The molecule has 1 heteroatoms. The Hall–Kier alpha value is -4.62. The maximum absolute atomic E-state index is 2.38. The first-order valence-corrected chi connectivity index (χ1v) is 12.5. The molecule has 1 nitrogen and oxygen atoms in total. The highest BCUT2D eigenvalue weighted by Crippen LogP contribution is 2.41. The highest BCUT2D eigenvalue weighted by Gasteiger charge is 2.16. The molecule has 168 valence electrons. The second-order valence-corrected chi connectivity index (χ2v) is 9.84. The van der Waals surface area contributed by atoms with Crippen LogP contribution in [0.1, 0.15) is 5.56 Å². The lowest BCUT2D eigenvalue weighted by molar-refractivity contribution is 1.18. The molecule has 0 radical (unpaired) electrons. The number of aryl methyl sites for hydroxylation is 1. The predicted molar refractivity (Wildman–Crippen MR) is 155 cm³/mol. The van der Waals surface area contributed by atoms with Crippen molar-refractivity contribution in [3.63, 3.8) is 0 Å². The van der Waals surface area contributed by atoms with Crippen LogP contribution >= 0.6 is 0 Å². The molecule has 1 aromatic heterocycles. The van der Waals surface area contributed by atoms with Gasteiger partial charge in [-0.05, 0) is 86.3 Å². The molecule has 0 aliphatic heterocycles. The summed E-state index contributed by atoms with van der Waals surface area (Å²) in [5.41, 5.74) is 7.54. The summed E-state index contributed by atoms with van der Waals surface area (Å²) < 4.78 is 2.38. The average Bonchev–Trinajstić information content (AvgIpc) is 3.27. The van der Waals surface area contributed by atoms with Crippen LogP contribution in [0.4, 0.5) is 0 Å². The van der Waals surface area contributed by atoms with Crippen molar-refractivity contribution in [3.8, 4) is 16.8 Å². The summed E-state index contributed by atoms with van der Waals surface area (Å²) in [5, 5.41) is 10.6. The van der Waals surface area contributed by atoms with Crippen LogP contribution in [0, 0.1) is 6.92 Å². The summed E-state index contributed by atoms with van der Waals surface area (Å²) in [7, 11) is 0. The number of para-hydroxylation sites is 2. The third kappa shape index (κ3) is 2.60. The van der Waals surface area contributed by atoms with Crippen molar-refractivity contribution < 1.29 is 0 Å². The zero-order valence-corrected chi connectivity index (χ0v) is 20.0. The number of aromatic nitrogens is 1. The van der Waals surface area contributed by atoms with Crippen molar-refractivity contribution in [2.75, 3.05) is 0 Å². The van der Waals surface area contributed by atoms with Gasteiger partial charge in [0.15, 0.2) is 0 Å². The van der Waals surface area contributed by atoms with Gasteiger partial charge in [-0.25, -0.2) is 0 Å². The summed E-state index contributed by atoms with van der Waals surface area (Å²) in [6.07, 6.45) is 0. The Balaban J connectivity index is 1.45. The fourth-order valence-electron chi connectivity index (χ4n) is 6.19. The maximum atomic E-state index is 2.38. The summed E-state index contributed by atoms with van der Waals surface area (Å²) in [5.74, 6) is 0. The van der Waals surface area contributed by atoms with Crippen molar-refractivity contribution in [3.05, 3.63) is 127 Å². The Morgan fingerprint density at radius 1 is 0.472 bits per heavy atom. The fourth-order valence-corrected chi connectivity index (χ4v) is 6.19. The minimum Gasteiger partial charge on any atom is -0.309 e. The normalized spacial score (nSPS) is 12.0. The Kier molecular flexibility index (Phi) is 3.93. The molecule has 8 rings (SSSR count). The number of rotatable bonds is 2. The van der Waals surface area contributed by atoms with Crippen LogP contribution < -0.4 is 0 Å². The molecule has 0 aliphatic carbocycles. The summed E-state index contributed by atoms with van der Waals surface area (Å²) in [4.78, 5) is 0. The highest BCUT2D eigenvalue weighted by molar-refractivity contribution is 6.26. The number of benzene rings is 7. The van der Waals surface area contributed by atoms with Crippen LogP contribution in [0.2, 0.25) is 0 Å². The van der Waals surface area contributed by atoms with Gasteiger partial charge in [-0.2, -0.15) is 0 Å². The predicted octanol–water partition coefficient (Wildman–Crippen LogP) is 9.66. The molecule has 0 N–H and O–H groups in total. The van der Waals surface area contributed by atoms with Gasteiger partial charge in [0.1, 0.15) is 0 Å². The molecule has 0 atom stereocenters. The summed E-state index contributed by atoms with van der Waals surface area (Å²) in [6.45, 7) is 2.21. The third-order valence-electron chi connectivity index (χ3n) is 7.88. The lowest BCUT2D eigenvalue weighted by Crippen LogP contribution is -1.93. The number of fused-ring (bicyclic) bond motifs is 3. The van der Waals surface area contributed by atoms with E-state index in [1.54, 1.807) is 0 Å². The smallest absolute Gasteiger partial charge is 0.0541 e. The van der Waals surface area contributed by atoms with Crippen molar-refractivity contribution in [2.45, 2.75) is 6.92 Å². The van der Waals surface area contributed by atoms with Crippen molar-refractivity contribution in [2.24, 2.45) is 0 Å². The summed E-state index contributed by atoms with van der Waals surface area (Å²) >= 11 is 0. The van der Waals surface area contributed by atoms with E-state index in [9.17, 15) is 0 Å². The third-order valence-corrected chi connectivity index (χ3v) is 7.88. The minimum absolute atomic E-state index is 1.19. The van der Waals surface area contributed by atoms with Gasteiger partial charge in [-0.3, -0.25) is 0 Å². The van der Waals surface area contributed by atoms with E-state index >= 15 is 0 Å². The summed E-state index contributed by atoms with van der Waals surface area (Å²) in [6, 6.07) is 44.6. The first-order valence-electron chi connectivity index (χ1n) is 12.5. The van der Waals surface area contributed by atoms with E-state index in [1.165, 1.54) is 76.5 Å². The molecular formula is C35H23N. The van der Waals surface area contributed by atoms with Crippen LogP contribution in [0.3, 0.4) is 0 Å². The van der Waals surface area contributed by atoms with Gasteiger partial charge in [0.25, 0.3) is 0 Å². The van der Waals surface area contributed by atoms with Crippen molar-refractivity contribution in [1.82, 2.24) is 4.57 Å². The monoisotopic (exact) mass is 457 g/mol. The highest BCUT2D eigenvalue weighted by atomic mass is 15.0. The second-order valence-electron chi connectivity index (χ2n) is 9.84. The molecular weight excluding hydrogens is 434 g/mol. The minimum atomic E-state index is 1.19. The largest absolute Gasteiger partial charge is 0.309 e. The van der Waals surface area contributed by atoms with Gasteiger partial charge < -0.3 is 4.57 Å². The average molecular weight is 458 g/mol. The van der Waals surface area contributed by atoms with E-state index in [1.807, 2.05) is 0 Å². The molecule has 0 fully saturated rings. The van der Waals surface area contributed by atoms with E-state index in [2.05, 4.69) is 133 Å². The van der Waals surface area contributed by atoms with Crippen LogP contribution in [-0.2, 0) is 0 Å². The van der Waals surface area contributed by atoms with Crippen molar-refractivity contribution >= 4 is 54.1 Å². The molecule has 7 aromatic carbocycles. The van der Waals surface area contributed by atoms with Crippen LogP contribution in [0.15, 0.2) is 121 Å². The molecule has 0 aliphatic rings. The lowest BCUT2D eigenvalue weighted by Gasteiger charge is -2.15. The first kappa shape index (κ1) is 19.7. The zero-order valence-electron chi connectivity index (χ0n) is 20.0. The molecule has 0 saturated carbocycles. The van der Waals surface area contributed by atoms with E-state index < -0.39 is 0 Å². The SMILES string of the molecule is Cc1ccc2ccc3c(-c4ccc5c(c4)c4ccccc4n5-c4ccccc4)ccc4ccc1c2c43. The fraction of sp³-hybridized carbons (Fsp3) is 0.0286. The molecule has 0 spiro atoms. The number of hydrogen-bond donors (Lipinski definition) is 0. The quantitative estimate of drug-likeness (QED) is 0.228. The van der Waals surface area contributed by atoms with E-state index in [-0.39, 0.29) is 0 Å². The van der Waals surface area contributed by atoms with Gasteiger partial charge in [-0.1, -0.05) is 91.0 Å². The maximum Gasteiger partial charge on any atom is 0.0541 e. The zero-order chi connectivity index (χ0) is 23.8. The topological polar surface area (TPSA) is 4.93 Å². The van der Waals surface area contributed by atoms with Crippen molar-refractivity contribution in [1.29, 1.82) is 0 Å². The first-order chi connectivity index (χ1) is 17.8. The number of hydrogen-bond acceptors (Lipinski definition) is 0. The second kappa shape index (κ2) is 7.19. The van der Waals surface area contributed by atoms with Gasteiger partial charge >= 0.3 is 0 Å². The van der Waals surface area contributed by atoms with Gasteiger partial charge in [-0.15, -0.1) is 0 Å². The Labute approximate surface area is 209 Å². The Bertz CT molecular complexity index is 2090. The van der Waals surface area contributed by atoms with Crippen LogP contribution in [0.5, 0.6) is 0 Å². The molecule has 36 heavy (non-hydrogen) atoms. The molecule has 0 bridgehead atoms. The molecule has 0 saturated heterocycles. The molecule has 0 amide bonds. The Morgan fingerprint density at radius 3 is 2.00 bits per heavy atom. The molecule has 0 unspecified atom stereocenters. The lowest BCUT2D eigenvalue weighted by atomic mass is 9.88. The van der Waals surface area contributed by atoms with Gasteiger partial charge in [0.05, 0.1) is 11.0 Å². The van der Waals surface area contributed by atoms with E-state index in [0.717, 1.165) is 0 Å². The van der Waals surface area contributed by atoms with E-state index in [4.69, 9.17) is 0 Å². The standard InChI is InChI=1S/C35H23N/c1-22-11-12-23-15-19-30-28(18-14-24-13-17-27(22)34(23)35(24)30)25-16-20-33-31(21-25)29-9-5-6-10-32(29)36(33)26-7-3-2-4-8-26/h2-21H,1H3. The van der Waals surface area contributed by atoms with Crippen LogP contribution in [0.25, 0.3) is 70.9 Å². The Morgan fingerprint density at radius 2 is 1.14 bits per heavy atom. The molecule has 1 heterocycles. The van der Waals surface area contributed by atoms with Gasteiger partial charge in [0.2, 0.25) is 0 Å². The van der Waals surface area contributed by atoms with E-state index in [0.29, 0.717) is 0 Å². The molecule has 8 aromatic rings.